The number of pyridine rings is 1. The molecular formula is C15H13N3S. The maximum absolute atomic E-state index is 5.44. The van der Waals surface area contributed by atoms with Crippen molar-refractivity contribution in [3.05, 3.63) is 59.0 Å². The highest BCUT2D eigenvalue weighted by Gasteiger charge is 2.41. The fourth-order valence-electron chi connectivity index (χ4n) is 2.79. The largest absolute Gasteiger partial charge is 0.329 e. The van der Waals surface area contributed by atoms with Crippen molar-refractivity contribution in [2.45, 2.75) is 18.4 Å². The lowest BCUT2D eigenvalue weighted by atomic mass is 10.1. The molecule has 1 fully saturated rings. The molecule has 1 aliphatic carbocycles. The molecule has 1 aromatic carbocycles. The zero-order chi connectivity index (χ0) is 12.8. The van der Waals surface area contributed by atoms with Gasteiger partial charge in [-0.2, -0.15) is 0 Å². The summed E-state index contributed by atoms with van der Waals surface area (Å²) in [4.78, 5) is 7.69. The third-order valence-corrected chi connectivity index (χ3v) is 4.09. The molecule has 2 atom stereocenters. The molecule has 0 radical (unpaired) electrons. The van der Waals surface area contributed by atoms with Crippen LogP contribution in [-0.2, 0) is 0 Å². The van der Waals surface area contributed by atoms with Crippen LogP contribution in [0.2, 0.25) is 0 Å². The van der Waals surface area contributed by atoms with Gasteiger partial charge in [0.25, 0.3) is 0 Å². The van der Waals surface area contributed by atoms with Gasteiger partial charge in [0.2, 0.25) is 0 Å². The Kier molecular flexibility index (Phi) is 2.32. The molecule has 1 saturated carbocycles. The third kappa shape index (κ3) is 1.71. The molecule has 4 rings (SSSR count). The highest BCUT2D eigenvalue weighted by Crippen LogP contribution is 2.52. The molecule has 0 bridgehead atoms. The minimum atomic E-state index is 0.443. The van der Waals surface area contributed by atoms with Crippen LogP contribution in [0.25, 0.3) is 11.2 Å². The van der Waals surface area contributed by atoms with Crippen LogP contribution < -0.4 is 0 Å². The van der Waals surface area contributed by atoms with E-state index >= 15 is 0 Å². The van der Waals surface area contributed by atoms with Gasteiger partial charge in [0.15, 0.2) is 10.4 Å². The number of hydrogen-bond donors (Lipinski definition) is 1. The van der Waals surface area contributed by atoms with E-state index in [0.29, 0.717) is 12.0 Å². The summed E-state index contributed by atoms with van der Waals surface area (Å²) in [6.07, 6.45) is 2.96. The van der Waals surface area contributed by atoms with Crippen LogP contribution in [0.1, 0.15) is 23.9 Å². The zero-order valence-corrected chi connectivity index (χ0v) is 11.1. The molecule has 2 unspecified atom stereocenters. The van der Waals surface area contributed by atoms with E-state index < -0.39 is 0 Å². The van der Waals surface area contributed by atoms with Crippen molar-refractivity contribution in [1.82, 2.24) is 14.5 Å². The van der Waals surface area contributed by atoms with E-state index in [1.165, 1.54) is 5.56 Å². The summed E-state index contributed by atoms with van der Waals surface area (Å²) in [6, 6.07) is 15.0. The standard InChI is InChI=1S/C15H13N3S/c19-15-17-12-7-4-8-16-14(12)18(15)13-9-11(13)10-5-2-1-3-6-10/h1-8,11,13H,9H2,(H,17,19). The van der Waals surface area contributed by atoms with E-state index in [2.05, 4.69) is 44.9 Å². The number of hydrogen-bond acceptors (Lipinski definition) is 2. The summed E-state index contributed by atoms with van der Waals surface area (Å²) in [5.74, 6) is 0.564. The van der Waals surface area contributed by atoms with Crippen molar-refractivity contribution in [2.75, 3.05) is 0 Å². The Labute approximate surface area is 115 Å². The number of nitrogens with one attached hydrogen (secondary N) is 1. The maximum atomic E-state index is 5.44. The molecular weight excluding hydrogens is 254 g/mol. The van der Waals surface area contributed by atoms with Gasteiger partial charge in [-0.25, -0.2) is 4.98 Å². The minimum absolute atomic E-state index is 0.443. The van der Waals surface area contributed by atoms with Crippen LogP contribution in [-0.4, -0.2) is 14.5 Å². The van der Waals surface area contributed by atoms with Gasteiger partial charge in [-0.3, -0.25) is 4.57 Å². The second kappa shape index (κ2) is 4.03. The Morgan fingerprint density at radius 2 is 2.00 bits per heavy atom. The number of rotatable bonds is 2. The average Bonchev–Trinajstić information content (AvgIpc) is 3.15. The van der Waals surface area contributed by atoms with Gasteiger partial charge in [0.05, 0.1) is 5.52 Å². The van der Waals surface area contributed by atoms with Crippen molar-refractivity contribution >= 4 is 23.4 Å². The van der Waals surface area contributed by atoms with Gasteiger partial charge in [-0.05, 0) is 36.3 Å². The molecule has 94 valence electrons. The molecule has 2 heterocycles. The first-order chi connectivity index (χ1) is 9.34. The Hall–Kier alpha value is -1.94. The number of fused-ring (bicyclic) bond motifs is 1. The molecule has 0 amide bonds. The summed E-state index contributed by atoms with van der Waals surface area (Å²) in [7, 11) is 0. The van der Waals surface area contributed by atoms with Crippen molar-refractivity contribution in [1.29, 1.82) is 0 Å². The summed E-state index contributed by atoms with van der Waals surface area (Å²) in [5, 5.41) is 0. The van der Waals surface area contributed by atoms with Crippen LogP contribution in [0.4, 0.5) is 0 Å². The van der Waals surface area contributed by atoms with Crippen LogP contribution in [0.15, 0.2) is 48.7 Å². The second-order valence-corrected chi connectivity index (χ2v) is 5.38. The summed E-state index contributed by atoms with van der Waals surface area (Å²) < 4.78 is 2.94. The Balaban J connectivity index is 1.78. The monoisotopic (exact) mass is 267 g/mol. The number of imidazole rings is 1. The van der Waals surface area contributed by atoms with E-state index in [4.69, 9.17) is 12.2 Å². The molecule has 0 spiro atoms. The SMILES string of the molecule is S=c1[nH]c2cccnc2n1C1CC1c1ccccc1. The predicted octanol–water partition coefficient (Wildman–Crippen LogP) is 3.82. The van der Waals surface area contributed by atoms with Gasteiger partial charge in [0.1, 0.15) is 0 Å². The molecule has 0 saturated heterocycles. The fraction of sp³-hybridized carbons (Fsp3) is 0.200. The van der Waals surface area contributed by atoms with E-state index in [0.717, 1.165) is 22.4 Å². The lowest BCUT2D eigenvalue weighted by molar-refractivity contribution is 0.721. The van der Waals surface area contributed by atoms with Crippen molar-refractivity contribution in [2.24, 2.45) is 0 Å². The van der Waals surface area contributed by atoms with Crippen molar-refractivity contribution < 1.29 is 0 Å². The number of benzene rings is 1. The van der Waals surface area contributed by atoms with E-state index in [9.17, 15) is 0 Å². The van der Waals surface area contributed by atoms with Crippen LogP contribution in [0.3, 0.4) is 0 Å². The lowest BCUT2D eigenvalue weighted by Gasteiger charge is -2.03. The molecule has 1 aliphatic rings. The van der Waals surface area contributed by atoms with Crippen LogP contribution in [0.5, 0.6) is 0 Å². The van der Waals surface area contributed by atoms with Gasteiger partial charge in [0, 0.05) is 18.2 Å². The molecule has 3 nitrogen and oxygen atoms in total. The van der Waals surface area contributed by atoms with E-state index in [-0.39, 0.29) is 0 Å². The molecule has 3 aromatic rings. The Morgan fingerprint density at radius 3 is 2.84 bits per heavy atom. The van der Waals surface area contributed by atoms with Crippen LogP contribution >= 0.6 is 12.2 Å². The molecule has 2 aromatic heterocycles. The molecule has 4 heteroatoms. The molecule has 19 heavy (non-hydrogen) atoms. The summed E-state index contributed by atoms with van der Waals surface area (Å²) in [6.45, 7) is 0. The maximum Gasteiger partial charge on any atom is 0.179 e. The van der Waals surface area contributed by atoms with Crippen molar-refractivity contribution in [3.8, 4) is 0 Å². The van der Waals surface area contributed by atoms with Gasteiger partial charge in [-0.1, -0.05) is 30.3 Å². The van der Waals surface area contributed by atoms with E-state index in [1.54, 1.807) is 0 Å². The first kappa shape index (κ1) is 10.9. The average molecular weight is 267 g/mol. The van der Waals surface area contributed by atoms with Gasteiger partial charge < -0.3 is 4.98 Å². The first-order valence-corrected chi connectivity index (χ1v) is 6.85. The first-order valence-electron chi connectivity index (χ1n) is 6.45. The van der Waals surface area contributed by atoms with E-state index in [1.807, 2.05) is 18.3 Å². The Bertz CT molecular complexity index is 788. The number of aromatic nitrogens is 3. The topological polar surface area (TPSA) is 33.6 Å². The van der Waals surface area contributed by atoms with Crippen LogP contribution in [0, 0.1) is 4.77 Å². The smallest absolute Gasteiger partial charge is 0.179 e. The fourth-order valence-corrected chi connectivity index (χ4v) is 3.12. The summed E-state index contributed by atoms with van der Waals surface area (Å²) in [5.41, 5.74) is 3.38. The number of nitrogens with zero attached hydrogens (tertiary/aromatic N) is 2. The summed E-state index contributed by atoms with van der Waals surface area (Å²) >= 11 is 5.44. The molecule has 1 N–H and O–H groups in total. The highest BCUT2D eigenvalue weighted by atomic mass is 32.1. The Morgan fingerprint density at radius 1 is 1.16 bits per heavy atom. The van der Waals surface area contributed by atoms with Gasteiger partial charge in [-0.15, -0.1) is 0 Å². The van der Waals surface area contributed by atoms with Gasteiger partial charge >= 0.3 is 0 Å². The lowest BCUT2D eigenvalue weighted by Crippen LogP contribution is -1.97. The second-order valence-electron chi connectivity index (χ2n) is 4.99. The highest BCUT2D eigenvalue weighted by molar-refractivity contribution is 7.71. The molecule has 0 aliphatic heterocycles. The normalized spacial score (nSPS) is 21.7. The number of H-pyrrole nitrogens is 1. The minimum Gasteiger partial charge on any atom is -0.329 e. The predicted molar refractivity (Wildman–Crippen MR) is 77.8 cm³/mol. The third-order valence-electron chi connectivity index (χ3n) is 3.79. The number of aromatic amines is 1. The quantitative estimate of drug-likeness (QED) is 0.716. The van der Waals surface area contributed by atoms with Crippen molar-refractivity contribution in [3.63, 3.8) is 0 Å². The zero-order valence-electron chi connectivity index (χ0n) is 10.3.